The number of hydrogen-bond acceptors (Lipinski definition) is 4. The van der Waals surface area contributed by atoms with Gasteiger partial charge in [0.2, 0.25) is 5.95 Å². The third-order valence-electron chi connectivity index (χ3n) is 3.33. The molecule has 3 rings (SSSR count). The molecule has 22 heavy (non-hydrogen) atoms. The van der Waals surface area contributed by atoms with E-state index in [2.05, 4.69) is 15.3 Å². The summed E-state index contributed by atoms with van der Waals surface area (Å²) < 4.78 is 0. The van der Waals surface area contributed by atoms with Crippen LogP contribution in [0, 0.1) is 0 Å². The fourth-order valence-electron chi connectivity index (χ4n) is 2.17. The average Bonchev–Trinajstić information content (AvgIpc) is 2.53. The molecule has 0 radical (unpaired) electrons. The van der Waals surface area contributed by atoms with E-state index in [1.165, 1.54) is 0 Å². The number of aliphatic hydroxyl groups is 1. The highest BCUT2D eigenvalue weighted by Crippen LogP contribution is 2.17. The van der Waals surface area contributed by atoms with Crippen LogP contribution in [-0.4, -0.2) is 21.6 Å². The molecule has 6 heteroatoms. The largest absolute Gasteiger partial charge is 0.387 e. The molecular formula is C16H14ClN3O2. The van der Waals surface area contributed by atoms with Gasteiger partial charge in [0.15, 0.2) is 0 Å². The summed E-state index contributed by atoms with van der Waals surface area (Å²) in [4.78, 5) is 18.9. The molecule has 0 aliphatic carbocycles. The van der Waals surface area contributed by atoms with Crippen LogP contribution in [0.4, 0.5) is 5.95 Å². The normalized spacial score (nSPS) is 12.3. The van der Waals surface area contributed by atoms with Gasteiger partial charge in [0.1, 0.15) is 0 Å². The van der Waals surface area contributed by atoms with E-state index in [1.807, 2.05) is 6.07 Å². The fraction of sp³-hybridized carbons (Fsp3) is 0.125. The van der Waals surface area contributed by atoms with Crippen LogP contribution in [0.5, 0.6) is 0 Å². The van der Waals surface area contributed by atoms with E-state index in [0.717, 1.165) is 5.56 Å². The number of aliphatic hydroxyl groups excluding tert-OH is 1. The van der Waals surface area contributed by atoms with E-state index < -0.39 is 6.10 Å². The van der Waals surface area contributed by atoms with Crippen molar-refractivity contribution in [1.82, 2.24) is 9.97 Å². The topological polar surface area (TPSA) is 78.0 Å². The lowest BCUT2D eigenvalue weighted by atomic mass is 10.1. The summed E-state index contributed by atoms with van der Waals surface area (Å²) in [6.45, 7) is 0.225. The highest BCUT2D eigenvalue weighted by molar-refractivity contribution is 6.30. The first-order valence-corrected chi connectivity index (χ1v) is 7.18. The molecule has 0 amide bonds. The predicted molar refractivity (Wildman–Crippen MR) is 87.3 cm³/mol. The summed E-state index contributed by atoms with van der Waals surface area (Å²) in [7, 11) is 0. The summed E-state index contributed by atoms with van der Waals surface area (Å²) in [5.74, 6) is 0.330. The number of anilines is 1. The number of nitrogens with one attached hydrogen (secondary N) is 2. The molecule has 112 valence electrons. The molecular weight excluding hydrogens is 302 g/mol. The number of H-pyrrole nitrogens is 1. The molecule has 0 spiro atoms. The predicted octanol–water partition coefficient (Wildman–Crippen LogP) is 2.72. The Balaban J connectivity index is 1.76. The van der Waals surface area contributed by atoms with Gasteiger partial charge in [0.25, 0.3) is 5.56 Å². The quantitative estimate of drug-likeness (QED) is 0.692. The number of halogens is 1. The number of fused-ring (bicyclic) bond motifs is 1. The number of benzene rings is 2. The molecule has 0 aliphatic rings. The Labute approximate surface area is 131 Å². The molecule has 0 saturated carbocycles. The molecule has 0 saturated heterocycles. The Hall–Kier alpha value is -2.37. The van der Waals surface area contributed by atoms with Gasteiger partial charge in [0, 0.05) is 11.6 Å². The summed E-state index contributed by atoms with van der Waals surface area (Å²) in [6.07, 6.45) is -0.728. The van der Waals surface area contributed by atoms with E-state index in [9.17, 15) is 9.90 Å². The lowest BCUT2D eigenvalue weighted by Gasteiger charge is -2.12. The number of nitrogens with zero attached hydrogens (tertiary/aromatic N) is 1. The molecule has 1 aromatic heterocycles. The lowest BCUT2D eigenvalue weighted by Crippen LogP contribution is -2.17. The van der Waals surface area contributed by atoms with E-state index >= 15 is 0 Å². The van der Waals surface area contributed by atoms with Crippen LogP contribution in [-0.2, 0) is 0 Å². The number of aromatic nitrogens is 2. The second kappa shape index (κ2) is 6.17. The number of aromatic amines is 1. The standard InChI is InChI=1S/C16H14ClN3O2/c17-11-7-5-10(6-8-11)14(21)9-18-16-19-13-4-2-1-3-12(13)15(22)20-16/h1-8,14,21H,9H2,(H2,18,19,20,22). The Morgan fingerprint density at radius 1 is 1.18 bits per heavy atom. The SMILES string of the molecule is O=c1[nH]c(NCC(O)c2ccc(Cl)cc2)nc2ccccc12. The molecule has 5 nitrogen and oxygen atoms in total. The molecule has 1 unspecified atom stereocenters. The maximum Gasteiger partial charge on any atom is 0.260 e. The van der Waals surface area contributed by atoms with Crippen LogP contribution < -0.4 is 10.9 Å². The van der Waals surface area contributed by atoms with Crippen molar-refractivity contribution >= 4 is 28.5 Å². The first-order chi connectivity index (χ1) is 10.6. The van der Waals surface area contributed by atoms with E-state index in [-0.39, 0.29) is 12.1 Å². The fourth-order valence-corrected chi connectivity index (χ4v) is 2.29. The van der Waals surface area contributed by atoms with E-state index in [4.69, 9.17) is 11.6 Å². The van der Waals surface area contributed by atoms with Crippen LogP contribution in [0.1, 0.15) is 11.7 Å². The van der Waals surface area contributed by atoms with E-state index in [1.54, 1.807) is 42.5 Å². The molecule has 3 aromatic rings. The monoisotopic (exact) mass is 315 g/mol. The molecule has 1 atom stereocenters. The Morgan fingerprint density at radius 2 is 1.91 bits per heavy atom. The van der Waals surface area contributed by atoms with Crippen molar-refractivity contribution in [3.8, 4) is 0 Å². The van der Waals surface area contributed by atoms with Gasteiger partial charge >= 0.3 is 0 Å². The van der Waals surface area contributed by atoms with Crippen molar-refractivity contribution in [3.05, 3.63) is 69.5 Å². The Morgan fingerprint density at radius 3 is 2.68 bits per heavy atom. The van der Waals surface area contributed by atoms with Crippen molar-refractivity contribution in [2.24, 2.45) is 0 Å². The van der Waals surface area contributed by atoms with Gasteiger partial charge in [0.05, 0.1) is 17.0 Å². The zero-order valence-electron chi connectivity index (χ0n) is 11.6. The van der Waals surface area contributed by atoms with Crippen LogP contribution in [0.3, 0.4) is 0 Å². The van der Waals surface area contributed by atoms with Crippen LogP contribution in [0.15, 0.2) is 53.3 Å². The van der Waals surface area contributed by atoms with E-state index in [0.29, 0.717) is 21.9 Å². The summed E-state index contributed by atoms with van der Waals surface area (Å²) >= 11 is 5.82. The van der Waals surface area contributed by atoms with Gasteiger partial charge < -0.3 is 10.4 Å². The number of rotatable bonds is 4. The summed E-state index contributed by atoms with van der Waals surface area (Å²) in [6, 6.07) is 14.0. The molecule has 2 aromatic carbocycles. The van der Waals surface area contributed by atoms with Crippen LogP contribution in [0.25, 0.3) is 10.9 Å². The zero-order chi connectivity index (χ0) is 15.5. The van der Waals surface area contributed by atoms with Crippen molar-refractivity contribution in [1.29, 1.82) is 0 Å². The Bertz CT molecular complexity index is 846. The first-order valence-electron chi connectivity index (χ1n) is 6.80. The maximum absolute atomic E-state index is 11.9. The highest BCUT2D eigenvalue weighted by atomic mass is 35.5. The Kier molecular flexibility index (Phi) is 4.09. The van der Waals surface area contributed by atoms with Crippen LogP contribution >= 0.6 is 11.6 Å². The second-order valence-electron chi connectivity index (χ2n) is 4.88. The average molecular weight is 316 g/mol. The third kappa shape index (κ3) is 3.10. The number of para-hydroxylation sites is 1. The van der Waals surface area contributed by atoms with Crippen molar-refractivity contribution in [2.75, 3.05) is 11.9 Å². The van der Waals surface area contributed by atoms with Crippen LogP contribution in [0.2, 0.25) is 5.02 Å². The minimum atomic E-state index is -0.728. The molecule has 0 aliphatic heterocycles. The highest BCUT2D eigenvalue weighted by Gasteiger charge is 2.09. The molecule has 0 bridgehead atoms. The smallest absolute Gasteiger partial charge is 0.260 e. The first kappa shape index (κ1) is 14.6. The zero-order valence-corrected chi connectivity index (χ0v) is 12.3. The molecule has 3 N–H and O–H groups in total. The van der Waals surface area contributed by atoms with Crippen molar-refractivity contribution in [3.63, 3.8) is 0 Å². The van der Waals surface area contributed by atoms with Gasteiger partial charge in [-0.3, -0.25) is 9.78 Å². The minimum absolute atomic E-state index is 0.214. The minimum Gasteiger partial charge on any atom is -0.387 e. The number of hydrogen-bond donors (Lipinski definition) is 3. The van der Waals surface area contributed by atoms with Gasteiger partial charge in [-0.2, -0.15) is 0 Å². The third-order valence-corrected chi connectivity index (χ3v) is 3.58. The molecule has 1 heterocycles. The van der Waals surface area contributed by atoms with Crippen molar-refractivity contribution < 1.29 is 5.11 Å². The lowest BCUT2D eigenvalue weighted by molar-refractivity contribution is 0.191. The van der Waals surface area contributed by atoms with Crippen molar-refractivity contribution in [2.45, 2.75) is 6.10 Å². The second-order valence-corrected chi connectivity index (χ2v) is 5.32. The molecule has 0 fully saturated rings. The summed E-state index contributed by atoms with van der Waals surface area (Å²) in [5, 5.41) is 14.2. The van der Waals surface area contributed by atoms with Gasteiger partial charge in [-0.05, 0) is 29.8 Å². The summed E-state index contributed by atoms with van der Waals surface area (Å²) in [5.41, 5.74) is 1.13. The van der Waals surface area contributed by atoms with Gasteiger partial charge in [-0.25, -0.2) is 4.98 Å². The maximum atomic E-state index is 11.9. The van der Waals surface area contributed by atoms with Gasteiger partial charge in [-0.15, -0.1) is 0 Å². The van der Waals surface area contributed by atoms with Gasteiger partial charge in [-0.1, -0.05) is 35.9 Å².